The zero-order valence-corrected chi connectivity index (χ0v) is 11.7. The van der Waals surface area contributed by atoms with Gasteiger partial charge < -0.3 is 10.6 Å². The molecule has 0 aliphatic carbocycles. The van der Waals surface area contributed by atoms with Crippen LogP contribution in [0.25, 0.3) is 0 Å². The molecule has 98 valence electrons. The van der Waals surface area contributed by atoms with Crippen LogP contribution in [0.2, 0.25) is 0 Å². The first-order chi connectivity index (χ1) is 9.21. The van der Waals surface area contributed by atoms with Crippen molar-refractivity contribution in [3.63, 3.8) is 0 Å². The van der Waals surface area contributed by atoms with Crippen LogP contribution < -0.4 is 10.6 Å². The Balaban J connectivity index is 2.15. The van der Waals surface area contributed by atoms with E-state index in [1.807, 2.05) is 6.07 Å². The number of hydrogen-bond donors (Lipinski definition) is 2. The molecule has 2 heterocycles. The van der Waals surface area contributed by atoms with Gasteiger partial charge in [-0.2, -0.15) is 4.51 Å². The average Bonchev–Trinajstić information content (AvgIpc) is 2.75. The van der Waals surface area contributed by atoms with E-state index in [2.05, 4.69) is 22.1 Å². The maximum atomic E-state index is 13.3. The van der Waals surface area contributed by atoms with Crippen molar-refractivity contribution in [2.45, 2.75) is 13.3 Å². The number of hydrogen-bond acceptors (Lipinski definition) is 3. The summed E-state index contributed by atoms with van der Waals surface area (Å²) < 4.78 is 17.1. The molecular formula is C13H11ClFN3S. The number of rotatable bonds is 1. The zero-order chi connectivity index (χ0) is 13.4. The van der Waals surface area contributed by atoms with Crippen LogP contribution in [0.1, 0.15) is 17.4 Å². The van der Waals surface area contributed by atoms with Gasteiger partial charge in [-0.25, -0.2) is 4.39 Å². The zero-order valence-electron chi connectivity index (χ0n) is 10.1. The third-order valence-electron chi connectivity index (χ3n) is 2.95. The molecule has 6 heteroatoms. The van der Waals surface area contributed by atoms with Gasteiger partial charge in [0.25, 0.3) is 0 Å². The standard InChI is InChI=1S/C13H11ClFN3S/c1-2-8-6-9-12(18-14)16-10-4-3-7(15)5-11(10)17-13(9)19-8/h3-6,17H,2H2,1H3,(H,16,18). The summed E-state index contributed by atoms with van der Waals surface area (Å²) in [4.78, 5) is 1.22. The van der Waals surface area contributed by atoms with Gasteiger partial charge in [-0.15, -0.1) is 11.3 Å². The average molecular weight is 296 g/mol. The second-order valence-electron chi connectivity index (χ2n) is 4.18. The molecule has 2 aromatic rings. The molecule has 1 aromatic carbocycles. The largest absolute Gasteiger partial charge is 0.345 e. The molecule has 1 aromatic heterocycles. The van der Waals surface area contributed by atoms with Gasteiger partial charge in [0.15, 0.2) is 5.84 Å². The number of halogens is 2. The first-order valence-corrected chi connectivity index (χ1v) is 7.02. The van der Waals surface area contributed by atoms with E-state index in [0.717, 1.165) is 22.7 Å². The van der Waals surface area contributed by atoms with Crippen LogP contribution in [0.3, 0.4) is 0 Å². The lowest BCUT2D eigenvalue weighted by Gasteiger charge is -2.08. The first-order valence-electron chi connectivity index (χ1n) is 5.87. The summed E-state index contributed by atoms with van der Waals surface area (Å²) in [7, 11) is 0. The van der Waals surface area contributed by atoms with Gasteiger partial charge in [0.1, 0.15) is 10.8 Å². The highest BCUT2D eigenvalue weighted by Crippen LogP contribution is 2.38. The SMILES string of the molecule is CCc1cc2c(s1)Nc1cc(F)ccc1NC2=NCl. The van der Waals surface area contributed by atoms with Crippen molar-refractivity contribution in [3.05, 3.63) is 40.5 Å². The summed E-state index contributed by atoms with van der Waals surface area (Å²) in [5, 5.41) is 7.29. The predicted octanol–water partition coefficient (Wildman–Crippen LogP) is 4.52. The van der Waals surface area contributed by atoms with Crippen molar-refractivity contribution in [1.29, 1.82) is 0 Å². The highest BCUT2D eigenvalue weighted by molar-refractivity contribution is 7.16. The quantitative estimate of drug-likeness (QED) is 0.811. The van der Waals surface area contributed by atoms with Gasteiger partial charge in [-0.1, -0.05) is 6.92 Å². The third-order valence-corrected chi connectivity index (χ3v) is 4.32. The summed E-state index contributed by atoms with van der Waals surface area (Å²) >= 11 is 7.28. The van der Waals surface area contributed by atoms with Gasteiger partial charge in [0, 0.05) is 16.7 Å². The Morgan fingerprint density at radius 2 is 2.11 bits per heavy atom. The Morgan fingerprint density at radius 3 is 2.84 bits per heavy atom. The summed E-state index contributed by atoms with van der Waals surface area (Å²) in [5.74, 6) is 0.290. The first kappa shape index (κ1) is 12.4. The lowest BCUT2D eigenvalue weighted by Crippen LogP contribution is -2.10. The number of nitrogens with zero attached hydrogens (tertiary/aromatic N) is 1. The molecular weight excluding hydrogens is 285 g/mol. The highest BCUT2D eigenvalue weighted by Gasteiger charge is 2.20. The molecule has 1 aliphatic rings. The molecule has 0 bridgehead atoms. The molecule has 19 heavy (non-hydrogen) atoms. The molecule has 2 N–H and O–H groups in total. The molecule has 0 unspecified atom stereocenters. The van der Waals surface area contributed by atoms with Crippen molar-refractivity contribution >= 4 is 45.3 Å². The van der Waals surface area contributed by atoms with Gasteiger partial charge in [-0.05, 0) is 30.7 Å². The number of thiophene rings is 1. The third kappa shape index (κ3) is 2.19. The fourth-order valence-electron chi connectivity index (χ4n) is 2.00. The fraction of sp³-hybridized carbons (Fsp3) is 0.154. The lowest BCUT2D eigenvalue weighted by molar-refractivity contribution is 0.628. The van der Waals surface area contributed by atoms with E-state index in [4.69, 9.17) is 11.8 Å². The summed E-state index contributed by atoms with van der Waals surface area (Å²) in [5.41, 5.74) is 2.34. The minimum Gasteiger partial charge on any atom is -0.345 e. The van der Waals surface area contributed by atoms with E-state index >= 15 is 0 Å². The Labute approximate surface area is 119 Å². The van der Waals surface area contributed by atoms with Crippen LogP contribution in [0.15, 0.2) is 28.8 Å². The molecule has 0 fully saturated rings. The van der Waals surface area contributed by atoms with E-state index in [1.54, 1.807) is 17.4 Å². The van der Waals surface area contributed by atoms with E-state index in [9.17, 15) is 4.39 Å². The molecule has 1 aliphatic heterocycles. The number of anilines is 3. The fourth-order valence-corrected chi connectivity index (χ4v) is 3.14. The van der Waals surface area contributed by atoms with Gasteiger partial charge in [-0.3, -0.25) is 0 Å². The number of nitrogens with one attached hydrogen (secondary N) is 2. The Kier molecular flexibility index (Phi) is 3.16. The molecule has 0 radical (unpaired) electrons. The summed E-state index contributed by atoms with van der Waals surface area (Å²) in [6.07, 6.45) is 0.935. The van der Waals surface area contributed by atoms with Crippen molar-refractivity contribution in [2.75, 3.05) is 10.6 Å². The van der Waals surface area contributed by atoms with Crippen molar-refractivity contribution in [2.24, 2.45) is 4.51 Å². The molecule has 0 saturated heterocycles. The maximum Gasteiger partial charge on any atom is 0.155 e. The van der Waals surface area contributed by atoms with Crippen molar-refractivity contribution in [3.8, 4) is 0 Å². The van der Waals surface area contributed by atoms with Gasteiger partial charge in [0.05, 0.1) is 16.9 Å². The minimum absolute atomic E-state index is 0.284. The Hall–Kier alpha value is -1.59. The monoisotopic (exact) mass is 295 g/mol. The van der Waals surface area contributed by atoms with Crippen molar-refractivity contribution in [1.82, 2.24) is 0 Å². The highest BCUT2D eigenvalue weighted by atomic mass is 35.5. The number of amidine groups is 1. The van der Waals surface area contributed by atoms with Crippen LogP contribution in [-0.2, 0) is 6.42 Å². The molecule has 3 rings (SSSR count). The van der Waals surface area contributed by atoms with E-state index in [-0.39, 0.29) is 5.82 Å². The van der Waals surface area contributed by atoms with Crippen molar-refractivity contribution < 1.29 is 4.39 Å². The second kappa shape index (κ2) is 4.83. The molecule has 0 spiro atoms. The molecule has 3 nitrogen and oxygen atoms in total. The second-order valence-corrected chi connectivity index (χ2v) is 5.49. The Morgan fingerprint density at radius 1 is 1.26 bits per heavy atom. The maximum absolute atomic E-state index is 13.3. The van der Waals surface area contributed by atoms with Crippen LogP contribution >= 0.6 is 23.1 Å². The normalized spacial score (nSPS) is 15.2. The van der Waals surface area contributed by atoms with Crippen LogP contribution in [0.4, 0.5) is 20.8 Å². The summed E-state index contributed by atoms with van der Waals surface area (Å²) in [6.45, 7) is 2.09. The smallest absolute Gasteiger partial charge is 0.155 e. The van der Waals surface area contributed by atoms with E-state index < -0.39 is 0 Å². The van der Waals surface area contributed by atoms with E-state index in [0.29, 0.717) is 11.5 Å². The van der Waals surface area contributed by atoms with Crippen LogP contribution in [-0.4, -0.2) is 5.84 Å². The van der Waals surface area contributed by atoms with Gasteiger partial charge in [0.2, 0.25) is 0 Å². The number of aryl methyl sites for hydroxylation is 1. The molecule has 0 amide bonds. The lowest BCUT2D eigenvalue weighted by atomic mass is 10.2. The van der Waals surface area contributed by atoms with Crippen LogP contribution in [0, 0.1) is 5.82 Å². The Bertz CT molecular complexity index is 666. The molecule has 0 atom stereocenters. The predicted molar refractivity (Wildman–Crippen MR) is 79.4 cm³/mol. The van der Waals surface area contributed by atoms with Crippen LogP contribution in [0.5, 0.6) is 0 Å². The topological polar surface area (TPSA) is 36.4 Å². The minimum atomic E-state index is -0.284. The van der Waals surface area contributed by atoms with Gasteiger partial charge >= 0.3 is 0 Å². The molecule has 0 saturated carbocycles. The number of benzene rings is 1. The number of fused-ring (bicyclic) bond motifs is 2. The summed E-state index contributed by atoms with van der Waals surface area (Å²) in [6, 6.07) is 6.56. The van der Waals surface area contributed by atoms with E-state index in [1.165, 1.54) is 17.0 Å².